The minimum atomic E-state index is -0.494. The van der Waals surface area contributed by atoms with Crippen molar-refractivity contribution >= 4 is 28.9 Å². The molecule has 1 N–H and O–H groups in total. The van der Waals surface area contributed by atoms with Gasteiger partial charge in [-0.05, 0) is 26.0 Å². The van der Waals surface area contributed by atoms with Gasteiger partial charge in [0.05, 0.1) is 20.8 Å². The highest BCUT2D eigenvalue weighted by Gasteiger charge is 2.55. The van der Waals surface area contributed by atoms with E-state index in [9.17, 15) is 4.79 Å². The summed E-state index contributed by atoms with van der Waals surface area (Å²) in [4.78, 5) is 16.6. The average Bonchev–Trinajstić information content (AvgIpc) is 3.38. The number of carbonyl (C=O) groups is 1. The maximum atomic E-state index is 13.2. The van der Waals surface area contributed by atoms with Crippen LogP contribution in [0.3, 0.4) is 0 Å². The molecule has 2 atom stereocenters. The lowest BCUT2D eigenvalue weighted by Gasteiger charge is -2.27. The number of hydrogen-bond acceptors (Lipinski definition) is 5. The standard InChI is InChI=1S/C30H30NO6/c1-7-35-29(32)27-18(4)36-30-26(28(27)21-13-12-19(33-5)14-25(21)34-6)16(2)24(37-30)15-22-17(3)31-23-11-9-8-10-20(22)23/h8-15,26,28,31H,2,7H2,1,3-6H3/q+1/b24-15-. The third kappa shape index (κ3) is 4.10. The number of nitrogens with one attached hydrogen (secondary N) is 1. The molecule has 0 saturated carbocycles. The maximum absolute atomic E-state index is 13.2. The highest BCUT2D eigenvalue weighted by molar-refractivity contribution is 5.97. The Bertz CT molecular complexity index is 1510. The minimum absolute atomic E-state index is 0.242. The number of aromatic nitrogens is 1. The fraction of sp³-hybridized carbons (Fsp3) is 0.267. The van der Waals surface area contributed by atoms with Gasteiger partial charge < -0.3 is 19.2 Å². The predicted octanol–water partition coefficient (Wildman–Crippen LogP) is 5.73. The fourth-order valence-electron chi connectivity index (χ4n) is 5.17. The molecule has 7 heteroatoms. The zero-order chi connectivity index (χ0) is 26.3. The van der Waals surface area contributed by atoms with Crippen molar-refractivity contribution in [2.75, 3.05) is 20.8 Å². The summed E-state index contributed by atoms with van der Waals surface area (Å²) in [6.07, 6.45) is 1.98. The molecule has 1 aromatic heterocycles. The van der Waals surface area contributed by atoms with E-state index in [0.717, 1.165) is 27.7 Å². The molecule has 0 bridgehead atoms. The molecule has 0 amide bonds. The molecule has 0 spiro atoms. The molecule has 0 saturated heterocycles. The van der Waals surface area contributed by atoms with E-state index in [-0.39, 0.29) is 6.61 Å². The zero-order valence-corrected chi connectivity index (χ0v) is 21.6. The quantitative estimate of drug-likeness (QED) is 0.345. The van der Waals surface area contributed by atoms with Crippen LogP contribution in [-0.4, -0.2) is 37.7 Å². The Morgan fingerprint density at radius 3 is 2.65 bits per heavy atom. The summed E-state index contributed by atoms with van der Waals surface area (Å²) in [5.74, 6) is 1.22. The first-order valence-electron chi connectivity index (χ1n) is 12.2. The molecular formula is C30H30NO6+. The lowest BCUT2D eigenvalue weighted by Crippen LogP contribution is -2.33. The number of allylic oxidation sites excluding steroid dienone is 2. The number of hydrogen-bond donors (Lipinski definition) is 1. The predicted molar refractivity (Wildman–Crippen MR) is 141 cm³/mol. The summed E-state index contributed by atoms with van der Waals surface area (Å²) in [5, 5.41) is 1.08. The first-order valence-corrected chi connectivity index (χ1v) is 12.2. The fourth-order valence-corrected chi connectivity index (χ4v) is 5.17. The molecule has 2 unspecified atom stereocenters. The Morgan fingerprint density at radius 1 is 1.14 bits per heavy atom. The van der Waals surface area contributed by atoms with Crippen LogP contribution in [0.4, 0.5) is 0 Å². The SMILES string of the molecule is C=C1/C(=C/c2c(C)[nH]c3ccccc23)[O+]=C2OC(C)=C(C(=O)OCC)C(c3ccc(OC)cc3OC)C12. The topological polar surface area (TPSA) is 81.1 Å². The van der Waals surface area contributed by atoms with Crippen molar-refractivity contribution in [2.45, 2.75) is 26.7 Å². The second kappa shape index (κ2) is 9.65. The van der Waals surface area contributed by atoms with Crippen LogP contribution >= 0.6 is 0 Å². The van der Waals surface area contributed by atoms with Gasteiger partial charge in [-0.1, -0.05) is 30.8 Å². The summed E-state index contributed by atoms with van der Waals surface area (Å²) in [6, 6.07) is 13.6. The lowest BCUT2D eigenvalue weighted by molar-refractivity contribution is -0.396. The van der Waals surface area contributed by atoms with Crippen LogP contribution in [0.1, 0.15) is 36.6 Å². The number of benzene rings is 2. The van der Waals surface area contributed by atoms with E-state index >= 15 is 0 Å². The third-order valence-corrected chi connectivity index (χ3v) is 6.92. The largest absolute Gasteiger partial charge is 0.506 e. The first kappa shape index (κ1) is 24.4. The second-order valence-corrected chi connectivity index (χ2v) is 9.02. The van der Waals surface area contributed by atoms with E-state index in [1.165, 1.54) is 0 Å². The molecule has 0 aliphatic carbocycles. The normalized spacial score (nSPS) is 20.1. The first-order chi connectivity index (χ1) is 17.9. The van der Waals surface area contributed by atoms with E-state index in [0.29, 0.717) is 40.1 Å². The summed E-state index contributed by atoms with van der Waals surface area (Å²) < 4.78 is 28.9. The lowest BCUT2D eigenvalue weighted by atomic mass is 9.75. The Hall–Kier alpha value is -4.26. The smallest absolute Gasteiger partial charge is 0.497 e. The van der Waals surface area contributed by atoms with Crippen molar-refractivity contribution < 1.29 is 28.2 Å². The van der Waals surface area contributed by atoms with E-state index in [1.807, 2.05) is 43.3 Å². The van der Waals surface area contributed by atoms with E-state index in [1.54, 1.807) is 34.1 Å². The highest BCUT2D eigenvalue weighted by atomic mass is 16.6. The van der Waals surface area contributed by atoms with Crippen LogP contribution in [0.15, 0.2) is 71.7 Å². The molecular weight excluding hydrogens is 470 g/mol. The van der Waals surface area contributed by atoms with Crippen LogP contribution in [0.25, 0.3) is 17.0 Å². The number of ether oxygens (including phenoxy) is 4. The number of para-hydroxylation sites is 1. The number of carbonyl (C=O) groups excluding carboxylic acids is 2. The summed E-state index contributed by atoms with van der Waals surface area (Å²) >= 11 is 0. The Labute approximate surface area is 215 Å². The monoisotopic (exact) mass is 500 g/mol. The van der Waals surface area contributed by atoms with Gasteiger partial charge in [-0.25, -0.2) is 4.79 Å². The number of aromatic amines is 1. The number of H-pyrrole nitrogens is 1. The maximum Gasteiger partial charge on any atom is 0.506 e. The van der Waals surface area contributed by atoms with Gasteiger partial charge in [0.2, 0.25) is 5.76 Å². The van der Waals surface area contributed by atoms with Gasteiger partial charge in [0, 0.05) is 58.3 Å². The van der Waals surface area contributed by atoms with Gasteiger partial charge in [0.25, 0.3) is 5.76 Å². The highest BCUT2D eigenvalue weighted by Crippen LogP contribution is 2.50. The van der Waals surface area contributed by atoms with Gasteiger partial charge in [-0.2, -0.15) is 0 Å². The van der Waals surface area contributed by atoms with Crippen molar-refractivity contribution in [2.24, 2.45) is 5.92 Å². The molecule has 2 aliphatic rings. The molecule has 3 heterocycles. The van der Waals surface area contributed by atoms with Crippen molar-refractivity contribution in [3.05, 3.63) is 88.5 Å². The number of esters is 2. The van der Waals surface area contributed by atoms with Crippen molar-refractivity contribution in [3.63, 3.8) is 0 Å². The molecule has 3 aromatic rings. The average molecular weight is 501 g/mol. The molecule has 0 radical (unpaired) electrons. The summed E-state index contributed by atoms with van der Waals surface area (Å²) in [5.41, 5.74) is 4.97. The zero-order valence-electron chi connectivity index (χ0n) is 21.6. The van der Waals surface area contributed by atoms with Gasteiger partial charge in [0.15, 0.2) is 5.92 Å². The number of aryl methyl sites for hydroxylation is 1. The van der Waals surface area contributed by atoms with Gasteiger partial charge >= 0.3 is 11.9 Å². The van der Waals surface area contributed by atoms with Gasteiger partial charge in [-0.3, -0.25) is 9.16 Å². The van der Waals surface area contributed by atoms with Crippen molar-refractivity contribution in [3.8, 4) is 11.5 Å². The van der Waals surface area contributed by atoms with E-state index in [4.69, 9.17) is 23.4 Å². The molecule has 37 heavy (non-hydrogen) atoms. The Kier molecular flexibility index (Phi) is 6.38. The van der Waals surface area contributed by atoms with Crippen LogP contribution in [-0.2, 0) is 18.7 Å². The van der Waals surface area contributed by atoms with Gasteiger partial charge in [-0.15, -0.1) is 0 Å². The second-order valence-electron chi connectivity index (χ2n) is 9.02. The van der Waals surface area contributed by atoms with Crippen molar-refractivity contribution in [1.29, 1.82) is 0 Å². The van der Waals surface area contributed by atoms with E-state index in [2.05, 4.69) is 17.6 Å². The van der Waals surface area contributed by atoms with Crippen LogP contribution < -0.4 is 9.47 Å². The molecule has 0 fully saturated rings. The number of methoxy groups -OCH3 is 2. The minimum Gasteiger partial charge on any atom is -0.497 e. The molecule has 190 valence electrons. The molecule has 7 nitrogen and oxygen atoms in total. The number of fused-ring (bicyclic) bond motifs is 2. The van der Waals surface area contributed by atoms with Crippen LogP contribution in [0, 0.1) is 12.8 Å². The van der Waals surface area contributed by atoms with Gasteiger partial charge in [0.1, 0.15) is 17.1 Å². The van der Waals surface area contributed by atoms with Crippen molar-refractivity contribution in [1.82, 2.24) is 4.98 Å². The molecule has 5 rings (SSSR count). The molecule has 2 aliphatic heterocycles. The third-order valence-electron chi connectivity index (χ3n) is 6.92. The number of rotatable bonds is 6. The summed E-state index contributed by atoms with van der Waals surface area (Å²) in [6.45, 7) is 10.2. The molecule has 2 aromatic carbocycles. The summed E-state index contributed by atoms with van der Waals surface area (Å²) in [7, 11) is 3.19. The van der Waals surface area contributed by atoms with E-state index < -0.39 is 17.8 Å². The Balaban J connectivity index is 1.65. The van der Waals surface area contributed by atoms with Crippen LogP contribution in [0.5, 0.6) is 11.5 Å². The Morgan fingerprint density at radius 2 is 1.92 bits per heavy atom. The van der Waals surface area contributed by atoms with Crippen LogP contribution in [0.2, 0.25) is 0 Å².